The second-order valence-corrected chi connectivity index (χ2v) is 4.05. The minimum Gasteiger partial charge on any atom is -0.495 e. The van der Waals surface area contributed by atoms with Gasteiger partial charge in [-0.05, 0) is 18.6 Å². The molecule has 2 rings (SSSR count). The maximum atomic E-state index is 12.0. The third-order valence-electron chi connectivity index (χ3n) is 3.00. The first-order valence-corrected chi connectivity index (χ1v) is 5.38. The number of fused-ring (bicyclic) bond motifs is 1. The predicted molar refractivity (Wildman–Crippen MR) is 67.4 cm³/mol. The van der Waals surface area contributed by atoms with Crippen LogP contribution in [0.4, 0.5) is 0 Å². The zero-order valence-corrected chi connectivity index (χ0v) is 10.4. The third-order valence-corrected chi connectivity index (χ3v) is 3.00. The molecule has 5 nitrogen and oxygen atoms in total. The highest BCUT2D eigenvalue weighted by atomic mass is 16.5. The molecule has 0 saturated heterocycles. The molecule has 0 radical (unpaired) electrons. The van der Waals surface area contributed by atoms with Gasteiger partial charge in [0.05, 0.1) is 12.6 Å². The number of aryl methyl sites for hydroxylation is 2. The van der Waals surface area contributed by atoms with E-state index in [0.717, 1.165) is 5.56 Å². The molecule has 0 bridgehead atoms. The van der Waals surface area contributed by atoms with Crippen LogP contribution < -0.4 is 10.3 Å². The van der Waals surface area contributed by atoms with Gasteiger partial charge in [0, 0.05) is 12.4 Å². The van der Waals surface area contributed by atoms with Crippen LogP contribution in [0.15, 0.2) is 23.0 Å². The molecule has 1 aromatic heterocycles. The summed E-state index contributed by atoms with van der Waals surface area (Å²) in [4.78, 5) is 23.2. The van der Waals surface area contributed by atoms with Crippen molar-refractivity contribution in [2.24, 2.45) is 7.05 Å². The molecule has 0 aliphatic heterocycles. The largest absolute Gasteiger partial charge is 0.495 e. The van der Waals surface area contributed by atoms with Crippen LogP contribution in [0.5, 0.6) is 5.75 Å². The van der Waals surface area contributed by atoms with Gasteiger partial charge in [0.2, 0.25) is 0 Å². The molecule has 0 aliphatic carbocycles. The first-order chi connectivity index (χ1) is 8.49. The highest BCUT2D eigenvalue weighted by Crippen LogP contribution is 2.29. The quantitative estimate of drug-likeness (QED) is 0.874. The standard InChI is InChI=1S/C13H13NO4/c1-7-5-4-6-8-9(7)11(18-3)10(13(16)17)12(15)14(8)2/h4-6H,1-3H3,(H,16,17). The van der Waals surface area contributed by atoms with Crippen LogP contribution in [0.1, 0.15) is 15.9 Å². The number of hydrogen-bond acceptors (Lipinski definition) is 3. The summed E-state index contributed by atoms with van der Waals surface area (Å²) in [6.45, 7) is 1.85. The van der Waals surface area contributed by atoms with E-state index in [-0.39, 0.29) is 11.3 Å². The minimum absolute atomic E-state index is 0.124. The normalized spacial score (nSPS) is 10.6. The van der Waals surface area contributed by atoms with E-state index >= 15 is 0 Å². The molecule has 94 valence electrons. The lowest BCUT2D eigenvalue weighted by Crippen LogP contribution is -2.25. The Morgan fingerprint density at radius 1 is 1.39 bits per heavy atom. The van der Waals surface area contributed by atoms with E-state index in [1.54, 1.807) is 13.1 Å². The Kier molecular flexibility index (Phi) is 2.82. The van der Waals surface area contributed by atoms with Gasteiger partial charge >= 0.3 is 5.97 Å². The molecule has 18 heavy (non-hydrogen) atoms. The van der Waals surface area contributed by atoms with Crippen molar-refractivity contribution < 1.29 is 14.6 Å². The fourth-order valence-corrected chi connectivity index (χ4v) is 2.12. The topological polar surface area (TPSA) is 68.5 Å². The van der Waals surface area contributed by atoms with Crippen molar-refractivity contribution in [2.45, 2.75) is 6.92 Å². The number of carboxylic acid groups (broad SMARTS) is 1. The van der Waals surface area contributed by atoms with Gasteiger partial charge in [-0.3, -0.25) is 4.79 Å². The Hall–Kier alpha value is -2.30. The lowest BCUT2D eigenvalue weighted by atomic mass is 10.1. The van der Waals surface area contributed by atoms with Crippen molar-refractivity contribution in [3.63, 3.8) is 0 Å². The summed E-state index contributed by atoms with van der Waals surface area (Å²) in [7, 11) is 2.92. The predicted octanol–water partition coefficient (Wildman–Crippen LogP) is 1.55. The van der Waals surface area contributed by atoms with E-state index in [1.165, 1.54) is 11.7 Å². The molecular formula is C13H13NO4. The molecule has 0 amide bonds. The Bertz CT molecular complexity index is 700. The zero-order chi connectivity index (χ0) is 13.4. The van der Waals surface area contributed by atoms with Crippen LogP contribution in [0.25, 0.3) is 10.9 Å². The number of hydrogen-bond donors (Lipinski definition) is 1. The molecule has 0 aliphatic rings. The number of methoxy groups -OCH3 is 1. The van der Waals surface area contributed by atoms with E-state index in [0.29, 0.717) is 10.9 Å². The maximum Gasteiger partial charge on any atom is 0.345 e. The summed E-state index contributed by atoms with van der Waals surface area (Å²) < 4.78 is 6.47. The average molecular weight is 247 g/mol. The first kappa shape index (κ1) is 12.2. The summed E-state index contributed by atoms with van der Waals surface area (Å²) in [5, 5.41) is 9.81. The third kappa shape index (κ3) is 1.55. The van der Waals surface area contributed by atoms with Crippen molar-refractivity contribution in [1.29, 1.82) is 0 Å². The van der Waals surface area contributed by atoms with Crippen LogP contribution in [-0.2, 0) is 7.05 Å². The van der Waals surface area contributed by atoms with Gasteiger partial charge in [-0.15, -0.1) is 0 Å². The summed E-state index contributed by atoms with van der Waals surface area (Å²) in [5.41, 5.74) is 0.614. The van der Waals surface area contributed by atoms with Gasteiger partial charge in [0.15, 0.2) is 5.56 Å². The van der Waals surface area contributed by atoms with Gasteiger partial charge in [-0.25, -0.2) is 4.79 Å². The Labute approximate surface area is 103 Å². The SMILES string of the molecule is COc1c(C(=O)O)c(=O)n(C)c2cccc(C)c12. The van der Waals surface area contributed by atoms with Gasteiger partial charge in [-0.2, -0.15) is 0 Å². The Balaban J connectivity index is 3.13. The molecule has 0 atom stereocenters. The van der Waals surface area contributed by atoms with Gasteiger partial charge in [-0.1, -0.05) is 12.1 Å². The summed E-state index contributed by atoms with van der Waals surface area (Å²) >= 11 is 0. The Morgan fingerprint density at radius 3 is 2.61 bits per heavy atom. The number of pyridine rings is 1. The van der Waals surface area contributed by atoms with Crippen LogP contribution >= 0.6 is 0 Å². The molecule has 0 spiro atoms. The van der Waals surface area contributed by atoms with Crippen molar-refractivity contribution in [3.05, 3.63) is 39.7 Å². The first-order valence-electron chi connectivity index (χ1n) is 5.38. The molecule has 5 heteroatoms. The number of nitrogens with zero attached hydrogens (tertiary/aromatic N) is 1. The second kappa shape index (κ2) is 4.18. The fraction of sp³-hybridized carbons (Fsp3) is 0.231. The summed E-state index contributed by atoms with van der Waals surface area (Å²) in [6.07, 6.45) is 0. The molecule has 0 saturated carbocycles. The molecule has 1 N–H and O–H groups in total. The number of rotatable bonds is 2. The van der Waals surface area contributed by atoms with E-state index in [1.807, 2.05) is 19.1 Å². The Morgan fingerprint density at radius 2 is 2.06 bits per heavy atom. The van der Waals surface area contributed by atoms with E-state index in [2.05, 4.69) is 0 Å². The van der Waals surface area contributed by atoms with Gasteiger partial charge in [0.1, 0.15) is 5.75 Å². The number of carboxylic acids is 1. The highest BCUT2D eigenvalue weighted by Gasteiger charge is 2.22. The zero-order valence-electron chi connectivity index (χ0n) is 10.4. The van der Waals surface area contributed by atoms with Crippen molar-refractivity contribution in [1.82, 2.24) is 4.57 Å². The number of benzene rings is 1. The van der Waals surface area contributed by atoms with E-state index in [9.17, 15) is 9.59 Å². The lowest BCUT2D eigenvalue weighted by Gasteiger charge is -2.13. The van der Waals surface area contributed by atoms with Gasteiger partial charge in [0.25, 0.3) is 5.56 Å². The van der Waals surface area contributed by atoms with Crippen LogP contribution in [-0.4, -0.2) is 22.8 Å². The monoisotopic (exact) mass is 247 g/mol. The molecule has 1 aromatic carbocycles. The number of ether oxygens (including phenoxy) is 1. The highest BCUT2D eigenvalue weighted by molar-refractivity contribution is 6.00. The van der Waals surface area contributed by atoms with Crippen LogP contribution in [0, 0.1) is 6.92 Å². The van der Waals surface area contributed by atoms with E-state index < -0.39 is 11.5 Å². The fourth-order valence-electron chi connectivity index (χ4n) is 2.12. The number of carbonyl (C=O) groups is 1. The minimum atomic E-state index is -1.28. The molecule has 0 fully saturated rings. The summed E-state index contributed by atoms with van der Waals surface area (Å²) in [5.74, 6) is -1.16. The van der Waals surface area contributed by atoms with Crippen molar-refractivity contribution >= 4 is 16.9 Å². The molecule has 0 unspecified atom stereocenters. The van der Waals surface area contributed by atoms with Gasteiger partial charge < -0.3 is 14.4 Å². The van der Waals surface area contributed by atoms with Crippen molar-refractivity contribution in [3.8, 4) is 5.75 Å². The number of aromatic carboxylic acids is 1. The van der Waals surface area contributed by atoms with E-state index in [4.69, 9.17) is 9.84 Å². The van der Waals surface area contributed by atoms with Crippen LogP contribution in [0.2, 0.25) is 0 Å². The average Bonchev–Trinajstić information content (AvgIpc) is 2.33. The summed E-state index contributed by atoms with van der Waals surface area (Å²) in [6, 6.07) is 5.43. The lowest BCUT2D eigenvalue weighted by molar-refractivity contribution is 0.0691. The molecular weight excluding hydrogens is 234 g/mol. The van der Waals surface area contributed by atoms with Crippen LogP contribution in [0.3, 0.4) is 0 Å². The molecule has 1 heterocycles. The number of aromatic nitrogens is 1. The second-order valence-electron chi connectivity index (χ2n) is 4.05. The maximum absolute atomic E-state index is 12.0. The van der Waals surface area contributed by atoms with Crippen molar-refractivity contribution in [2.75, 3.05) is 7.11 Å². The molecule has 2 aromatic rings. The smallest absolute Gasteiger partial charge is 0.345 e.